The largest absolute Gasteiger partial charge is 0.385 e. The molecule has 0 N–H and O–H groups in total. The molecule has 0 aliphatic heterocycles. The minimum absolute atomic E-state index is 0.112. The standard InChI is InChI=1S/C19H42NO6PS/c1-5-6-7-8-9-10-11-12-13-14-15-16-17-18-19-26-28(21,22)20-27(23-2,24-3)25-4/h5-19H2,1-4H3. The van der Waals surface area contributed by atoms with Gasteiger partial charge in [0.25, 0.3) is 0 Å². The maximum Gasteiger partial charge on any atom is 0.385 e. The molecule has 0 atom stereocenters. The molecule has 0 saturated carbocycles. The van der Waals surface area contributed by atoms with E-state index >= 15 is 0 Å². The van der Waals surface area contributed by atoms with Crippen molar-refractivity contribution in [3.63, 3.8) is 0 Å². The zero-order valence-electron chi connectivity index (χ0n) is 18.4. The summed E-state index contributed by atoms with van der Waals surface area (Å²) in [5.74, 6) is 0. The van der Waals surface area contributed by atoms with E-state index in [0.29, 0.717) is 6.42 Å². The van der Waals surface area contributed by atoms with E-state index in [1.54, 1.807) is 0 Å². The first kappa shape index (κ1) is 28.0. The summed E-state index contributed by atoms with van der Waals surface area (Å²) >= 11 is 0. The van der Waals surface area contributed by atoms with Crippen LogP contribution in [0, 0.1) is 0 Å². The van der Waals surface area contributed by atoms with Gasteiger partial charge in [-0.2, -0.15) is 8.42 Å². The lowest BCUT2D eigenvalue weighted by molar-refractivity contribution is 0.224. The van der Waals surface area contributed by atoms with E-state index in [2.05, 4.69) is 11.1 Å². The van der Waals surface area contributed by atoms with E-state index in [1.165, 1.54) is 92.0 Å². The lowest BCUT2D eigenvalue weighted by atomic mass is 10.0. The molecule has 170 valence electrons. The molecule has 0 rings (SSSR count). The Balaban J connectivity index is 3.63. The molecular weight excluding hydrogens is 401 g/mol. The summed E-state index contributed by atoms with van der Waals surface area (Å²) in [7, 11) is -3.48. The van der Waals surface area contributed by atoms with E-state index < -0.39 is 18.0 Å². The van der Waals surface area contributed by atoms with E-state index in [9.17, 15) is 8.42 Å². The van der Waals surface area contributed by atoms with Crippen LogP contribution in [0.15, 0.2) is 4.15 Å². The lowest BCUT2D eigenvalue weighted by Gasteiger charge is -2.16. The maximum atomic E-state index is 11.9. The van der Waals surface area contributed by atoms with E-state index in [4.69, 9.17) is 17.8 Å². The predicted octanol–water partition coefficient (Wildman–Crippen LogP) is 6.61. The van der Waals surface area contributed by atoms with E-state index in [1.807, 2.05) is 0 Å². The van der Waals surface area contributed by atoms with Crippen molar-refractivity contribution in [2.45, 2.75) is 96.8 Å². The second-order valence-corrected chi connectivity index (χ2v) is 10.7. The molecule has 0 radical (unpaired) electrons. The van der Waals surface area contributed by atoms with Gasteiger partial charge < -0.3 is 13.6 Å². The first-order valence-corrected chi connectivity index (χ1v) is 13.5. The quantitative estimate of drug-likeness (QED) is 0.155. The molecule has 0 aromatic heterocycles. The highest BCUT2D eigenvalue weighted by atomic mass is 32.2. The van der Waals surface area contributed by atoms with Crippen molar-refractivity contribution in [1.29, 1.82) is 0 Å². The molecule has 0 spiro atoms. The van der Waals surface area contributed by atoms with Crippen molar-refractivity contribution in [1.82, 2.24) is 0 Å². The van der Waals surface area contributed by atoms with Gasteiger partial charge >= 0.3 is 18.0 Å². The van der Waals surface area contributed by atoms with Crippen LogP contribution in [-0.4, -0.2) is 36.4 Å². The van der Waals surface area contributed by atoms with Gasteiger partial charge in [-0.3, -0.25) is 4.18 Å². The van der Waals surface area contributed by atoms with Crippen LogP contribution in [0.5, 0.6) is 0 Å². The number of hydrogen-bond donors (Lipinski definition) is 0. The van der Waals surface area contributed by atoms with Gasteiger partial charge in [-0.25, -0.2) is 0 Å². The number of rotatable bonds is 20. The monoisotopic (exact) mass is 443 g/mol. The molecule has 0 fully saturated rings. The molecule has 0 aliphatic carbocycles. The first-order chi connectivity index (χ1) is 13.4. The van der Waals surface area contributed by atoms with Crippen LogP contribution in [0.25, 0.3) is 0 Å². The minimum atomic E-state index is -4.09. The molecule has 0 saturated heterocycles. The van der Waals surface area contributed by atoms with Crippen LogP contribution >= 0.6 is 7.74 Å². The van der Waals surface area contributed by atoms with Gasteiger partial charge in [-0.15, -0.1) is 0 Å². The number of hydrogen-bond acceptors (Lipinski definition) is 6. The number of nitrogens with zero attached hydrogens (tertiary/aromatic N) is 1. The van der Waals surface area contributed by atoms with Crippen LogP contribution < -0.4 is 0 Å². The summed E-state index contributed by atoms with van der Waals surface area (Å²) in [6.45, 7) is 2.36. The van der Waals surface area contributed by atoms with Gasteiger partial charge in [-0.1, -0.05) is 94.5 Å². The average Bonchev–Trinajstić information content (AvgIpc) is 2.69. The molecule has 9 heteroatoms. The van der Waals surface area contributed by atoms with Gasteiger partial charge in [0, 0.05) is 21.3 Å². The summed E-state index contributed by atoms with van der Waals surface area (Å²) in [5, 5.41) is 0. The van der Waals surface area contributed by atoms with E-state index in [-0.39, 0.29) is 6.61 Å². The topological polar surface area (TPSA) is 83.4 Å². The molecule has 0 bridgehead atoms. The Morgan fingerprint density at radius 2 is 1.00 bits per heavy atom. The van der Waals surface area contributed by atoms with Gasteiger partial charge in [0.05, 0.1) is 6.61 Å². The molecule has 7 nitrogen and oxygen atoms in total. The molecule has 0 amide bonds. The van der Waals surface area contributed by atoms with Crippen molar-refractivity contribution in [2.24, 2.45) is 4.15 Å². The lowest BCUT2D eigenvalue weighted by Crippen LogP contribution is -2.05. The molecule has 0 aromatic rings. The SMILES string of the molecule is CCCCCCCCCCCCCCCCOS(=O)(=O)N=P(OC)(OC)OC. The predicted molar refractivity (Wildman–Crippen MR) is 116 cm³/mol. The first-order valence-electron chi connectivity index (χ1n) is 10.7. The molecule has 28 heavy (non-hydrogen) atoms. The Labute approximate surface area is 173 Å². The third-order valence-electron chi connectivity index (χ3n) is 4.62. The highest BCUT2D eigenvalue weighted by Gasteiger charge is 2.24. The van der Waals surface area contributed by atoms with Crippen LogP contribution in [0.3, 0.4) is 0 Å². The van der Waals surface area contributed by atoms with Crippen molar-refractivity contribution >= 4 is 18.0 Å². The second kappa shape index (κ2) is 17.8. The molecule has 0 heterocycles. The zero-order valence-corrected chi connectivity index (χ0v) is 20.1. The van der Waals surface area contributed by atoms with Crippen molar-refractivity contribution in [3.05, 3.63) is 0 Å². The smallest absolute Gasteiger partial charge is 0.305 e. The van der Waals surface area contributed by atoms with E-state index in [0.717, 1.165) is 12.8 Å². The van der Waals surface area contributed by atoms with Crippen LogP contribution in [0.1, 0.15) is 96.8 Å². The zero-order chi connectivity index (χ0) is 21.1. The average molecular weight is 444 g/mol. The fraction of sp³-hybridized carbons (Fsp3) is 1.00. The molecule has 0 aliphatic rings. The summed E-state index contributed by atoms with van der Waals surface area (Å²) < 4.78 is 46.9. The van der Waals surface area contributed by atoms with Crippen molar-refractivity contribution < 1.29 is 26.2 Å². The Bertz CT molecular complexity index is 494. The normalized spacial score (nSPS) is 12.4. The van der Waals surface area contributed by atoms with Gasteiger partial charge in [-0.05, 0) is 6.42 Å². The third-order valence-corrected chi connectivity index (χ3v) is 8.07. The maximum absolute atomic E-state index is 11.9. The summed E-state index contributed by atoms with van der Waals surface area (Å²) in [4.78, 5) is 0. The van der Waals surface area contributed by atoms with Crippen molar-refractivity contribution in [3.8, 4) is 0 Å². The Hall–Kier alpha value is 0.0200. The van der Waals surface area contributed by atoms with Crippen LogP contribution in [0.2, 0.25) is 0 Å². The van der Waals surface area contributed by atoms with Gasteiger partial charge in [0.1, 0.15) is 0 Å². The van der Waals surface area contributed by atoms with Crippen LogP contribution in [0.4, 0.5) is 0 Å². The van der Waals surface area contributed by atoms with Gasteiger partial charge in [0.15, 0.2) is 0 Å². The highest BCUT2D eigenvalue weighted by molar-refractivity contribution is 7.88. The highest BCUT2D eigenvalue weighted by Crippen LogP contribution is 2.51. The third kappa shape index (κ3) is 14.9. The minimum Gasteiger partial charge on any atom is -0.305 e. The Morgan fingerprint density at radius 1 is 0.643 bits per heavy atom. The molecular formula is C19H42NO6PS. The summed E-state index contributed by atoms with van der Waals surface area (Å²) in [5.41, 5.74) is 0. The fourth-order valence-electron chi connectivity index (χ4n) is 2.93. The fourth-order valence-corrected chi connectivity index (χ4v) is 5.67. The Morgan fingerprint density at radius 3 is 1.36 bits per heavy atom. The summed E-state index contributed by atoms with van der Waals surface area (Å²) in [6, 6.07) is 0. The van der Waals surface area contributed by atoms with Gasteiger partial charge in [0.2, 0.25) is 0 Å². The Kier molecular flexibility index (Phi) is 17.9. The number of unbranched alkanes of at least 4 members (excludes halogenated alkanes) is 13. The van der Waals surface area contributed by atoms with Crippen molar-refractivity contribution in [2.75, 3.05) is 27.9 Å². The second-order valence-electron chi connectivity index (χ2n) is 6.94. The van der Waals surface area contributed by atoms with Crippen LogP contribution in [-0.2, 0) is 28.1 Å². The molecule has 0 aromatic carbocycles. The molecule has 0 unspecified atom stereocenters. The summed E-state index contributed by atoms with van der Waals surface area (Å²) in [6.07, 6.45) is 17.4.